The fourth-order valence-corrected chi connectivity index (χ4v) is 4.16. The number of ether oxygens (including phenoxy) is 1. The van der Waals surface area contributed by atoms with E-state index in [2.05, 4.69) is 28.3 Å². The van der Waals surface area contributed by atoms with Crippen molar-refractivity contribution in [2.45, 2.75) is 50.7 Å². The Morgan fingerprint density at radius 2 is 1.86 bits per heavy atom. The number of carbonyl (C=O) groups is 2. The summed E-state index contributed by atoms with van der Waals surface area (Å²) >= 11 is 0. The van der Waals surface area contributed by atoms with Gasteiger partial charge in [0.2, 0.25) is 0 Å². The van der Waals surface area contributed by atoms with Crippen molar-refractivity contribution in [2.75, 3.05) is 11.9 Å². The smallest absolute Gasteiger partial charge is 0.333 e. The lowest BCUT2D eigenvalue weighted by molar-refractivity contribution is -0.137. The predicted octanol–water partition coefficient (Wildman–Crippen LogP) is 3.31. The van der Waals surface area contributed by atoms with Crippen LogP contribution in [0.5, 0.6) is 0 Å². The van der Waals surface area contributed by atoms with E-state index in [-0.39, 0.29) is 18.6 Å². The maximum atomic E-state index is 12.0. The molecule has 2 amide bonds. The number of allylic oxidation sites excluding steroid dienone is 2. The summed E-state index contributed by atoms with van der Waals surface area (Å²) in [6.45, 7) is 0.668. The number of fused-ring (bicyclic) bond motifs is 2. The molecule has 0 radical (unpaired) electrons. The van der Waals surface area contributed by atoms with Crippen LogP contribution in [0.2, 0.25) is 0 Å². The average Bonchev–Trinajstić information content (AvgIpc) is 3.27. The van der Waals surface area contributed by atoms with Crippen LogP contribution in [-0.4, -0.2) is 35.9 Å². The molecular weight excluding hydrogens is 358 g/mol. The second kappa shape index (κ2) is 10.2. The number of para-hydroxylation sites is 1. The molecule has 7 heteroatoms. The van der Waals surface area contributed by atoms with E-state index in [1.165, 1.54) is 0 Å². The molecule has 0 aliphatic carbocycles. The van der Waals surface area contributed by atoms with E-state index in [0.717, 1.165) is 31.4 Å². The topological polar surface area (TPSA) is 99.7 Å². The first-order chi connectivity index (χ1) is 13.6. The first-order valence-electron chi connectivity index (χ1n) is 10.0. The number of amides is 2. The van der Waals surface area contributed by atoms with E-state index in [9.17, 15) is 9.59 Å². The molecule has 2 heterocycles. The SMILES string of the molecule is O=C(O)CCC/C=C\C[C@H]1[C@@H](CNNC(=O)Nc2ccccc2)[C@H]2CC[C@@H]1O2. The molecule has 0 saturated carbocycles. The van der Waals surface area contributed by atoms with Gasteiger partial charge in [-0.3, -0.25) is 10.2 Å². The first-order valence-corrected chi connectivity index (χ1v) is 10.0. The molecule has 2 aliphatic heterocycles. The molecule has 1 aromatic carbocycles. The maximum Gasteiger partial charge on any atom is 0.333 e. The van der Waals surface area contributed by atoms with E-state index in [0.29, 0.717) is 30.9 Å². The molecule has 2 fully saturated rings. The second-order valence-corrected chi connectivity index (χ2v) is 7.44. The predicted molar refractivity (Wildman–Crippen MR) is 107 cm³/mol. The molecule has 2 bridgehead atoms. The third kappa shape index (κ3) is 5.81. The van der Waals surface area contributed by atoms with Crippen molar-refractivity contribution in [3.05, 3.63) is 42.5 Å². The average molecular weight is 387 g/mol. The molecule has 0 unspecified atom stereocenters. The van der Waals surface area contributed by atoms with Crippen LogP contribution >= 0.6 is 0 Å². The van der Waals surface area contributed by atoms with Crippen molar-refractivity contribution in [3.8, 4) is 0 Å². The fraction of sp³-hybridized carbons (Fsp3) is 0.524. The summed E-state index contributed by atoms with van der Waals surface area (Å²) in [4.78, 5) is 22.5. The molecule has 3 rings (SSSR count). The molecule has 0 spiro atoms. The van der Waals surface area contributed by atoms with Gasteiger partial charge in [-0.1, -0.05) is 30.4 Å². The Morgan fingerprint density at radius 3 is 2.61 bits per heavy atom. The summed E-state index contributed by atoms with van der Waals surface area (Å²) in [6, 6.07) is 9.03. The standard InChI is InChI=1S/C21H29N3O4/c25-20(26)11-7-2-1-6-10-16-17(19-13-12-18(16)28-19)14-22-24-21(27)23-15-8-4-3-5-9-15/h1,3-6,8-9,16-19,22H,2,7,10-14H2,(H,25,26)(H2,23,24,27)/b6-1-/t16-,17+,18-,19+/m0/s1. The molecule has 7 nitrogen and oxygen atoms in total. The summed E-state index contributed by atoms with van der Waals surface area (Å²) in [7, 11) is 0. The summed E-state index contributed by atoms with van der Waals surface area (Å²) in [5, 5.41) is 11.4. The number of unbranched alkanes of at least 4 members (excludes halogenated alkanes) is 1. The van der Waals surface area contributed by atoms with Gasteiger partial charge in [-0.2, -0.15) is 0 Å². The van der Waals surface area contributed by atoms with Gasteiger partial charge in [0, 0.05) is 24.6 Å². The van der Waals surface area contributed by atoms with Gasteiger partial charge in [0.1, 0.15) is 0 Å². The van der Waals surface area contributed by atoms with E-state index in [1.54, 1.807) is 0 Å². The lowest BCUT2D eigenvalue weighted by Gasteiger charge is -2.27. The summed E-state index contributed by atoms with van der Waals surface area (Å²) < 4.78 is 6.08. The van der Waals surface area contributed by atoms with Crippen LogP contribution in [0, 0.1) is 11.8 Å². The van der Waals surface area contributed by atoms with Crippen molar-refractivity contribution in [1.29, 1.82) is 0 Å². The van der Waals surface area contributed by atoms with E-state index in [1.807, 2.05) is 30.3 Å². The van der Waals surface area contributed by atoms with Crippen molar-refractivity contribution in [2.24, 2.45) is 11.8 Å². The number of hydrogen-bond donors (Lipinski definition) is 4. The number of rotatable bonds is 10. The van der Waals surface area contributed by atoms with Crippen molar-refractivity contribution in [1.82, 2.24) is 10.9 Å². The Hall–Kier alpha value is -2.38. The minimum atomic E-state index is -0.746. The second-order valence-electron chi connectivity index (χ2n) is 7.44. The highest BCUT2D eigenvalue weighted by Crippen LogP contribution is 2.44. The number of nitrogens with one attached hydrogen (secondary N) is 3. The molecule has 4 N–H and O–H groups in total. The van der Waals surface area contributed by atoms with Gasteiger partial charge in [0.25, 0.3) is 0 Å². The normalized spacial score (nSPS) is 25.9. The number of carboxylic acids is 1. The zero-order valence-corrected chi connectivity index (χ0v) is 16.0. The van der Waals surface area contributed by atoms with Gasteiger partial charge < -0.3 is 15.2 Å². The number of hydrogen-bond acceptors (Lipinski definition) is 4. The van der Waals surface area contributed by atoms with Crippen LogP contribution < -0.4 is 16.2 Å². The minimum absolute atomic E-state index is 0.213. The number of aliphatic carboxylic acids is 1. The third-order valence-electron chi connectivity index (χ3n) is 5.50. The highest BCUT2D eigenvalue weighted by Gasteiger charge is 2.47. The number of carboxylic acid groups (broad SMARTS) is 1. The van der Waals surface area contributed by atoms with Gasteiger partial charge in [-0.15, -0.1) is 0 Å². The van der Waals surface area contributed by atoms with Gasteiger partial charge in [-0.05, 0) is 50.2 Å². The molecule has 4 atom stereocenters. The van der Waals surface area contributed by atoms with Gasteiger partial charge in [0.15, 0.2) is 0 Å². The molecule has 2 aliphatic rings. The lowest BCUT2D eigenvalue weighted by Crippen LogP contribution is -2.45. The van der Waals surface area contributed by atoms with Crippen LogP contribution in [-0.2, 0) is 9.53 Å². The third-order valence-corrected chi connectivity index (χ3v) is 5.50. The Morgan fingerprint density at radius 1 is 1.11 bits per heavy atom. The van der Waals surface area contributed by atoms with Crippen molar-refractivity contribution >= 4 is 17.7 Å². The van der Waals surface area contributed by atoms with Crippen molar-refractivity contribution in [3.63, 3.8) is 0 Å². The molecule has 2 saturated heterocycles. The van der Waals surface area contributed by atoms with Gasteiger partial charge >= 0.3 is 12.0 Å². The summed E-state index contributed by atoms with van der Waals surface area (Å²) in [5.41, 5.74) is 6.50. The molecule has 152 valence electrons. The van der Waals surface area contributed by atoms with Crippen LogP contribution in [0.25, 0.3) is 0 Å². The van der Waals surface area contributed by atoms with E-state index >= 15 is 0 Å². The van der Waals surface area contributed by atoms with E-state index < -0.39 is 5.97 Å². The monoisotopic (exact) mass is 387 g/mol. The summed E-state index contributed by atoms with van der Waals surface area (Å²) in [6.07, 6.45) is 9.54. The fourth-order valence-electron chi connectivity index (χ4n) is 4.16. The first kappa shape index (κ1) is 20.4. The highest BCUT2D eigenvalue weighted by atomic mass is 16.5. The minimum Gasteiger partial charge on any atom is -0.481 e. The number of carbonyl (C=O) groups excluding carboxylic acids is 1. The number of urea groups is 1. The molecule has 1 aromatic rings. The zero-order valence-electron chi connectivity index (χ0n) is 16.0. The Kier molecular flexibility index (Phi) is 7.45. The molecule has 28 heavy (non-hydrogen) atoms. The Balaban J connectivity index is 1.40. The maximum absolute atomic E-state index is 12.0. The van der Waals surface area contributed by atoms with Crippen LogP contribution in [0.15, 0.2) is 42.5 Å². The zero-order chi connectivity index (χ0) is 19.8. The lowest BCUT2D eigenvalue weighted by atomic mass is 9.77. The Bertz CT molecular complexity index is 679. The van der Waals surface area contributed by atoms with Gasteiger partial charge in [-0.25, -0.2) is 10.2 Å². The largest absolute Gasteiger partial charge is 0.481 e. The van der Waals surface area contributed by atoms with Crippen LogP contribution in [0.3, 0.4) is 0 Å². The highest BCUT2D eigenvalue weighted by molar-refractivity contribution is 5.88. The number of hydrazine groups is 1. The van der Waals surface area contributed by atoms with Gasteiger partial charge in [0.05, 0.1) is 12.2 Å². The molecule has 0 aromatic heterocycles. The number of anilines is 1. The summed E-state index contributed by atoms with van der Waals surface area (Å²) in [5.74, 6) is 0.0465. The van der Waals surface area contributed by atoms with E-state index in [4.69, 9.17) is 9.84 Å². The number of benzene rings is 1. The van der Waals surface area contributed by atoms with Crippen LogP contribution in [0.1, 0.15) is 38.5 Å². The quantitative estimate of drug-likeness (QED) is 0.280. The van der Waals surface area contributed by atoms with Crippen molar-refractivity contribution < 1.29 is 19.4 Å². The Labute approximate surface area is 165 Å². The van der Waals surface area contributed by atoms with Crippen LogP contribution in [0.4, 0.5) is 10.5 Å². The molecular formula is C21H29N3O4.